The van der Waals surface area contributed by atoms with Crippen molar-refractivity contribution in [3.05, 3.63) is 0 Å². The van der Waals surface area contributed by atoms with Gasteiger partial charge in [-0.1, -0.05) is 84.9 Å². The third-order valence-electron chi connectivity index (χ3n) is 4.78. The molecule has 2 unspecified atom stereocenters. The number of hydrogen-bond acceptors (Lipinski definition) is 0. The molecule has 0 N–H and O–H groups in total. The lowest BCUT2D eigenvalue weighted by Gasteiger charge is -2.45. The highest BCUT2D eigenvalue weighted by Gasteiger charge is 2.37. The number of hydrogen-bond donors (Lipinski definition) is 0. The van der Waals surface area contributed by atoms with Crippen LogP contribution in [-0.4, -0.2) is 7.85 Å². The lowest BCUT2D eigenvalue weighted by Crippen LogP contribution is -2.32. The van der Waals surface area contributed by atoms with Gasteiger partial charge in [0.05, 0.1) is 7.85 Å². The van der Waals surface area contributed by atoms with E-state index >= 15 is 0 Å². The van der Waals surface area contributed by atoms with Gasteiger partial charge in [-0.3, -0.25) is 0 Å². The molecule has 0 aliphatic carbocycles. The van der Waals surface area contributed by atoms with E-state index in [0.717, 1.165) is 6.42 Å². The van der Waals surface area contributed by atoms with Crippen LogP contribution in [0.3, 0.4) is 0 Å². The second-order valence-electron chi connectivity index (χ2n) is 6.25. The van der Waals surface area contributed by atoms with Crippen molar-refractivity contribution in [1.82, 2.24) is 0 Å². The van der Waals surface area contributed by atoms with E-state index in [0.29, 0.717) is 5.41 Å². The molecular formula is C16H33B. The molecule has 0 spiro atoms. The van der Waals surface area contributed by atoms with E-state index < -0.39 is 0 Å². The zero-order valence-electron chi connectivity index (χ0n) is 12.9. The fraction of sp³-hybridized carbons (Fsp3) is 1.00. The van der Waals surface area contributed by atoms with Gasteiger partial charge in [0, 0.05) is 0 Å². The first-order valence-electron chi connectivity index (χ1n) is 7.72. The molecule has 2 radical (unpaired) electrons. The van der Waals surface area contributed by atoms with Crippen molar-refractivity contribution >= 4 is 7.85 Å². The summed E-state index contributed by atoms with van der Waals surface area (Å²) in [5.74, 6) is 0. The summed E-state index contributed by atoms with van der Waals surface area (Å²) in [5.41, 5.74) is 0.325. The molecule has 1 heteroatoms. The summed E-state index contributed by atoms with van der Waals surface area (Å²) in [6, 6.07) is 0. The van der Waals surface area contributed by atoms with E-state index in [1.807, 2.05) is 0 Å². The van der Waals surface area contributed by atoms with Crippen molar-refractivity contribution in [2.75, 3.05) is 0 Å². The molecule has 100 valence electrons. The van der Waals surface area contributed by atoms with Gasteiger partial charge in [0.25, 0.3) is 0 Å². The highest BCUT2D eigenvalue weighted by atomic mass is 14.4. The minimum atomic E-state index is -0.00557. The molecule has 0 fully saturated rings. The lowest BCUT2D eigenvalue weighted by molar-refractivity contribution is 0.167. The van der Waals surface area contributed by atoms with Crippen LogP contribution in [0.5, 0.6) is 0 Å². The Labute approximate surface area is 111 Å². The van der Waals surface area contributed by atoms with Crippen LogP contribution in [0, 0.1) is 5.41 Å². The van der Waals surface area contributed by atoms with Crippen LogP contribution in [0.2, 0.25) is 5.31 Å². The van der Waals surface area contributed by atoms with Crippen molar-refractivity contribution in [3.8, 4) is 0 Å². The SMILES string of the molecule is [B]C(C)(CC)C(C)(CCCC)CCCCCC. The fourth-order valence-electron chi connectivity index (χ4n) is 2.63. The van der Waals surface area contributed by atoms with Gasteiger partial charge in [0.2, 0.25) is 0 Å². The van der Waals surface area contributed by atoms with Crippen molar-refractivity contribution in [1.29, 1.82) is 0 Å². The molecule has 0 bridgehead atoms. The first kappa shape index (κ1) is 17.1. The van der Waals surface area contributed by atoms with E-state index in [9.17, 15) is 0 Å². The molecule has 0 aromatic rings. The Morgan fingerprint density at radius 1 is 0.765 bits per heavy atom. The minimum Gasteiger partial charge on any atom is -0.0671 e. The zero-order chi connectivity index (χ0) is 13.4. The van der Waals surface area contributed by atoms with Crippen molar-refractivity contribution < 1.29 is 0 Å². The summed E-state index contributed by atoms with van der Waals surface area (Å²) < 4.78 is 0. The van der Waals surface area contributed by atoms with Gasteiger partial charge in [0.1, 0.15) is 0 Å². The van der Waals surface area contributed by atoms with Gasteiger partial charge in [-0.05, 0) is 18.3 Å². The van der Waals surface area contributed by atoms with Crippen LogP contribution < -0.4 is 0 Å². The molecule has 0 aromatic heterocycles. The Morgan fingerprint density at radius 3 is 1.76 bits per heavy atom. The fourth-order valence-corrected chi connectivity index (χ4v) is 2.63. The largest absolute Gasteiger partial charge is 0.0749 e. The third kappa shape index (κ3) is 5.49. The summed E-state index contributed by atoms with van der Waals surface area (Å²) in [6.45, 7) is 11.4. The van der Waals surface area contributed by atoms with Gasteiger partial charge in [-0.2, -0.15) is 0 Å². The Balaban J connectivity index is 4.39. The summed E-state index contributed by atoms with van der Waals surface area (Å²) in [7, 11) is 6.55. The summed E-state index contributed by atoms with van der Waals surface area (Å²) in [6.07, 6.45) is 11.7. The van der Waals surface area contributed by atoms with Crippen LogP contribution in [0.4, 0.5) is 0 Å². The highest BCUT2D eigenvalue weighted by Crippen LogP contribution is 2.52. The molecule has 0 rings (SSSR count). The molecule has 0 aliphatic rings. The average molecular weight is 236 g/mol. The smallest absolute Gasteiger partial charge is 0.0671 e. The van der Waals surface area contributed by atoms with Gasteiger partial charge < -0.3 is 0 Å². The molecule has 2 atom stereocenters. The summed E-state index contributed by atoms with van der Waals surface area (Å²) >= 11 is 0. The van der Waals surface area contributed by atoms with Crippen LogP contribution >= 0.6 is 0 Å². The second kappa shape index (κ2) is 8.22. The summed E-state index contributed by atoms with van der Waals surface area (Å²) in [4.78, 5) is 0. The summed E-state index contributed by atoms with van der Waals surface area (Å²) in [5, 5.41) is -0.00557. The van der Waals surface area contributed by atoms with Crippen molar-refractivity contribution in [2.24, 2.45) is 5.41 Å². The van der Waals surface area contributed by atoms with E-state index in [2.05, 4.69) is 34.6 Å². The van der Waals surface area contributed by atoms with Gasteiger partial charge in [-0.15, -0.1) is 0 Å². The van der Waals surface area contributed by atoms with E-state index in [1.165, 1.54) is 51.4 Å². The minimum absolute atomic E-state index is 0.00557. The van der Waals surface area contributed by atoms with Crippen LogP contribution in [-0.2, 0) is 0 Å². The lowest BCUT2D eigenvalue weighted by atomic mass is 9.50. The standard InChI is InChI=1S/C16H33B/c1-6-9-11-12-14-15(4,13-10-7-2)16(5,17)8-3/h6-14H2,1-5H3. The molecule has 0 saturated carbocycles. The van der Waals surface area contributed by atoms with Crippen LogP contribution in [0.25, 0.3) is 0 Å². The van der Waals surface area contributed by atoms with E-state index in [4.69, 9.17) is 7.85 Å². The Bertz CT molecular complexity index is 186. The molecular weight excluding hydrogens is 203 g/mol. The maximum atomic E-state index is 6.55. The first-order chi connectivity index (χ1) is 7.93. The number of rotatable bonds is 10. The van der Waals surface area contributed by atoms with Crippen LogP contribution in [0.1, 0.15) is 92.4 Å². The van der Waals surface area contributed by atoms with Gasteiger partial charge in [-0.25, -0.2) is 0 Å². The zero-order valence-corrected chi connectivity index (χ0v) is 12.9. The topological polar surface area (TPSA) is 0 Å². The predicted octanol–water partition coefficient (Wildman–Crippen LogP) is 5.91. The Kier molecular flexibility index (Phi) is 8.25. The van der Waals surface area contributed by atoms with Crippen molar-refractivity contribution in [2.45, 2.75) is 97.7 Å². The first-order valence-corrected chi connectivity index (χ1v) is 7.72. The predicted molar refractivity (Wildman–Crippen MR) is 80.8 cm³/mol. The van der Waals surface area contributed by atoms with E-state index in [1.54, 1.807) is 0 Å². The molecule has 0 nitrogen and oxygen atoms in total. The molecule has 0 saturated heterocycles. The maximum Gasteiger partial charge on any atom is 0.0749 e. The molecule has 17 heavy (non-hydrogen) atoms. The normalized spacial score (nSPS) is 18.6. The molecule has 0 heterocycles. The Hall–Kier alpha value is 0.0649. The molecule has 0 aromatic carbocycles. The molecule has 0 aliphatic heterocycles. The third-order valence-corrected chi connectivity index (χ3v) is 4.78. The highest BCUT2D eigenvalue weighted by molar-refractivity contribution is 6.15. The quantitative estimate of drug-likeness (QED) is 0.326. The second-order valence-corrected chi connectivity index (χ2v) is 6.25. The monoisotopic (exact) mass is 236 g/mol. The van der Waals surface area contributed by atoms with Gasteiger partial charge in [0.15, 0.2) is 0 Å². The number of unbranched alkanes of at least 4 members (excludes halogenated alkanes) is 4. The van der Waals surface area contributed by atoms with Crippen molar-refractivity contribution in [3.63, 3.8) is 0 Å². The molecule has 0 amide bonds. The van der Waals surface area contributed by atoms with E-state index in [-0.39, 0.29) is 5.31 Å². The Morgan fingerprint density at radius 2 is 1.29 bits per heavy atom. The van der Waals surface area contributed by atoms with Crippen LogP contribution in [0.15, 0.2) is 0 Å². The van der Waals surface area contributed by atoms with Gasteiger partial charge >= 0.3 is 0 Å². The maximum absolute atomic E-state index is 6.55. The average Bonchev–Trinajstić information content (AvgIpc) is 2.32.